The van der Waals surface area contributed by atoms with Crippen molar-refractivity contribution in [1.29, 1.82) is 0 Å². The lowest BCUT2D eigenvalue weighted by molar-refractivity contribution is -0.123. The molecule has 40 heavy (non-hydrogen) atoms. The molecule has 208 valence electrons. The lowest BCUT2D eigenvalue weighted by Crippen LogP contribution is -2.32. The molecule has 1 aromatic heterocycles. The van der Waals surface area contributed by atoms with Gasteiger partial charge in [-0.05, 0) is 75.2 Å². The molecule has 0 fully saturated rings. The topological polar surface area (TPSA) is 128 Å². The zero-order chi connectivity index (χ0) is 29.2. The number of carbonyl (C=O) groups is 2. The van der Waals surface area contributed by atoms with E-state index in [2.05, 4.69) is 10.0 Å². The van der Waals surface area contributed by atoms with Crippen LogP contribution in [0.2, 0.25) is 0 Å². The first kappa shape index (κ1) is 28.4. The smallest absolute Gasteiger partial charge is 0.338 e. The van der Waals surface area contributed by atoms with Crippen molar-refractivity contribution in [3.63, 3.8) is 0 Å². The summed E-state index contributed by atoms with van der Waals surface area (Å²) in [5, 5.41) is 2.57. The number of esters is 1. The molecule has 0 aliphatic carbocycles. The average Bonchev–Trinajstić information content (AvgIpc) is 3.11. The normalized spacial score (nSPS) is 12.0. The van der Waals surface area contributed by atoms with Crippen LogP contribution in [0.1, 0.15) is 34.1 Å². The summed E-state index contributed by atoms with van der Waals surface area (Å²) in [6.45, 7) is 6.51. The Labute approximate surface area is 232 Å². The number of aromatic nitrogens is 2. The molecule has 2 N–H and O–H groups in total. The van der Waals surface area contributed by atoms with E-state index in [0.717, 1.165) is 5.56 Å². The highest BCUT2D eigenvalue weighted by molar-refractivity contribution is 7.92. The van der Waals surface area contributed by atoms with Crippen molar-refractivity contribution in [2.45, 2.75) is 38.7 Å². The minimum absolute atomic E-state index is 0.0443. The molecule has 11 heteroatoms. The maximum absolute atomic E-state index is 13.1. The van der Waals surface area contributed by atoms with Crippen LogP contribution < -0.4 is 15.6 Å². The van der Waals surface area contributed by atoms with E-state index >= 15 is 0 Å². The molecule has 3 aromatic carbocycles. The SMILES string of the molecule is Cc1cccc(NS(=O)(=O)c2cc(C(=O)OC(C)C(=O)Nc3c(C)n(C)n(-c4ccccc4)c3=O)ccc2C)c1. The van der Waals surface area contributed by atoms with E-state index in [1.54, 1.807) is 68.0 Å². The molecule has 4 aromatic rings. The number of aryl methyl sites for hydroxylation is 2. The van der Waals surface area contributed by atoms with Crippen LogP contribution in [0.5, 0.6) is 0 Å². The summed E-state index contributed by atoms with van der Waals surface area (Å²) in [6, 6.07) is 20.0. The molecule has 0 aliphatic rings. The van der Waals surface area contributed by atoms with Crippen LogP contribution in [-0.2, 0) is 26.6 Å². The van der Waals surface area contributed by atoms with E-state index < -0.39 is 33.6 Å². The summed E-state index contributed by atoms with van der Waals surface area (Å²) in [6.07, 6.45) is -1.27. The minimum atomic E-state index is -4.01. The number of amides is 1. The van der Waals surface area contributed by atoms with Gasteiger partial charge >= 0.3 is 5.97 Å². The minimum Gasteiger partial charge on any atom is -0.449 e. The van der Waals surface area contributed by atoms with Crippen molar-refractivity contribution >= 4 is 33.3 Å². The summed E-state index contributed by atoms with van der Waals surface area (Å²) in [7, 11) is -2.32. The molecule has 1 amide bonds. The Balaban J connectivity index is 1.51. The number of carbonyl (C=O) groups excluding carboxylic acids is 2. The maximum atomic E-state index is 13.1. The predicted molar refractivity (Wildman–Crippen MR) is 152 cm³/mol. The predicted octanol–water partition coefficient (Wildman–Crippen LogP) is 4.09. The van der Waals surface area contributed by atoms with Crippen LogP contribution in [0.25, 0.3) is 5.69 Å². The Kier molecular flexibility index (Phi) is 7.96. The van der Waals surface area contributed by atoms with E-state index in [1.807, 2.05) is 19.1 Å². The second-order valence-electron chi connectivity index (χ2n) is 9.43. The monoisotopic (exact) mass is 562 g/mol. The fourth-order valence-electron chi connectivity index (χ4n) is 4.15. The average molecular weight is 563 g/mol. The van der Waals surface area contributed by atoms with Crippen LogP contribution in [0.15, 0.2) is 82.5 Å². The number of ether oxygens (including phenoxy) is 1. The number of rotatable bonds is 8. The number of nitrogens with one attached hydrogen (secondary N) is 2. The molecule has 1 atom stereocenters. The van der Waals surface area contributed by atoms with Gasteiger partial charge in [0.15, 0.2) is 6.10 Å². The second kappa shape index (κ2) is 11.2. The molecule has 0 bridgehead atoms. The number of hydrogen-bond acceptors (Lipinski definition) is 6. The molecular formula is C29H30N4O6S. The van der Waals surface area contributed by atoms with E-state index in [9.17, 15) is 22.8 Å². The van der Waals surface area contributed by atoms with Gasteiger partial charge in [0, 0.05) is 12.7 Å². The number of hydrogen-bond donors (Lipinski definition) is 2. The molecule has 1 heterocycles. The highest BCUT2D eigenvalue weighted by atomic mass is 32.2. The lowest BCUT2D eigenvalue weighted by Gasteiger charge is -2.15. The van der Waals surface area contributed by atoms with E-state index in [1.165, 1.54) is 29.8 Å². The number of anilines is 2. The number of para-hydroxylation sites is 1. The molecule has 1 unspecified atom stereocenters. The van der Waals surface area contributed by atoms with E-state index in [-0.39, 0.29) is 16.1 Å². The number of benzene rings is 3. The van der Waals surface area contributed by atoms with Gasteiger partial charge in [-0.3, -0.25) is 19.0 Å². The molecule has 0 saturated carbocycles. The first-order valence-electron chi connectivity index (χ1n) is 12.4. The Morgan fingerprint density at radius 1 is 0.925 bits per heavy atom. The van der Waals surface area contributed by atoms with Gasteiger partial charge in [0.2, 0.25) is 0 Å². The summed E-state index contributed by atoms with van der Waals surface area (Å²) >= 11 is 0. The molecule has 0 radical (unpaired) electrons. The van der Waals surface area contributed by atoms with Gasteiger partial charge in [-0.25, -0.2) is 17.9 Å². The largest absolute Gasteiger partial charge is 0.449 e. The van der Waals surface area contributed by atoms with E-state index in [0.29, 0.717) is 22.6 Å². The Morgan fingerprint density at radius 3 is 2.30 bits per heavy atom. The summed E-state index contributed by atoms with van der Waals surface area (Å²) in [5.41, 5.74) is 2.41. The first-order chi connectivity index (χ1) is 18.9. The summed E-state index contributed by atoms with van der Waals surface area (Å²) < 4.78 is 37.0. The molecule has 0 aliphatic heterocycles. The first-order valence-corrected chi connectivity index (χ1v) is 13.9. The maximum Gasteiger partial charge on any atom is 0.338 e. The summed E-state index contributed by atoms with van der Waals surface area (Å²) in [5.74, 6) is -1.60. The van der Waals surface area contributed by atoms with Crippen molar-refractivity contribution < 1.29 is 22.7 Å². The van der Waals surface area contributed by atoms with Gasteiger partial charge in [0.25, 0.3) is 21.5 Å². The molecule has 0 spiro atoms. The van der Waals surface area contributed by atoms with Crippen molar-refractivity contribution in [3.8, 4) is 5.69 Å². The van der Waals surface area contributed by atoms with Crippen molar-refractivity contribution in [2.75, 3.05) is 10.0 Å². The van der Waals surface area contributed by atoms with Gasteiger partial charge in [0.1, 0.15) is 5.69 Å². The van der Waals surface area contributed by atoms with E-state index in [4.69, 9.17) is 4.74 Å². The molecular weight excluding hydrogens is 532 g/mol. The Hall–Kier alpha value is -4.64. The highest BCUT2D eigenvalue weighted by Crippen LogP contribution is 2.22. The van der Waals surface area contributed by atoms with Gasteiger partial charge in [-0.2, -0.15) is 0 Å². The fraction of sp³-hybridized carbons (Fsp3) is 0.207. The Bertz CT molecular complexity index is 1760. The third kappa shape index (κ3) is 5.84. The van der Waals surface area contributed by atoms with Crippen LogP contribution in [-0.4, -0.2) is 35.8 Å². The van der Waals surface area contributed by atoms with Crippen molar-refractivity contribution in [3.05, 3.63) is 106 Å². The quantitative estimate of drug-likeness (QED) is 0.312. The van der Waals surface area contributed by atoms with Crippen LogP contribution in [0, 0.1) is 20.8 Å². The van der Waals surface area contributed by atoms with Crippen LogP contribution in [0.4, 0.5) is 11.4 Å². The molecule has 0 saturated heterocycles. The second-order valence-corrected chi connectivity index (χ2v) is 11.1. The lowest BCUT2D eigenvalue weighted by atomic mass is 10.1. The summed E-state index contributed by atoms with van der Waals surface area (Å²) in [4.78, 5) is 38.8. The van der Waals surface area contributed by atoms with Crippen molar-refractivity contribution in [2.24, 2.45) is 7.05 Å². The molecule has 4 rings (SSSR count). The zero-order valence-corrected chi connectivity index (χ0v) is 23.6. The van der Waals surface area contributed by atoms with Crippen molar-refractivity contribution in [1.82, 2.24) is 9.36 Å². The molecule has 10 nitrogen and oxygen atoms in total. The number of nitrogens with zero attached hydrogens (tertiary/aromatic N) is 2. The van der Waals surface area contributed by atoms with Crippen LogP contribution in [0.3, 0.4) is 0 Å². The Morgan fingerprint density at radius 2 is 1.62 bits per heavy atom. The third-order valence-corrected chi connectivity index (χ3v) is 7.96. The number of sulfonamides is 1. The zero-order valence-electron chi connectivity index (χ0n) is 22.8. The highest BCUT2D eigenvalue weighted by Gasteiger charge is 2.25. The van der Waals surface area contributed by atoms with Gasteiger partial charge in [0.05, 0.1) is 21.8 Å². The third-order valence-electron chi connectivity index (χ3n) is 6.44. The van der Waals surface area contributed by atoms with Gasteiger partial charge in [-0.15, -0.1) is 0 Å². The van der Waals surface area contributed by atoms with Crippen LogP contribution >= 0.6 is 0 Å². The van der Waals surface area contributed by atoms with Gasteiger partial charge < -0.3 is 10.1 Å². The van der Waals surface area contributed by atoms with Gasteiger partial charge in [-0.1, -0.05) is 36.4 Å². The fourth-order valence-corrected chi connectivity index (χ4v) is 5.48. The standard InChI is InChI=1S/C29H30N4O6S/c1-18-10-9-11-23(16-18)31-40(37,38)25-17-22(15-14-19(25)2)29(36)39-21(4)27(34)30-26-20(3)32(5)33(28(26)35)24-12-7-6-8-13-24/h6-17,21,31H,1-5H3,(H,30,34).